The SMILES string of the molecule is CC(NC(=O)c1cccc([N+](=O)[O-])c1)C(=O)N(C)C(C)c1ccc(F)cc1. The zero-order valence-corrected chi connectivity index (χ0v) is 15.2. The Labute approximate surface area is 155 Å². The lowest BCUT2D eigenvalue weighted by Gasteiger charge is -2.28. The van der Waals surface area contributed by atoms with Crippen LogP contribution in [0.3, 0.4) is 0 Å². The van der Waals surface area contributed by atoms with E-state index in [9.17, 15) is 24.1 Å². The first kappa shape index (κ1) is 20.0. The summed E-state index contributed by atoms with van der Waals surface area (Å²) < 4.78 is 13.1. The van der Waals surface area contributed by atoms with Gasteiger partial charge in [-0.1, -0.05) is 18.2 Å². The van der Waals surface area contributed by atoms with E-state index >= 15 is 0 Å². The minimum atomic E-state index is -0.843. The van der Waals surface area contributed by atoms with Gasteiger partial charge in [-0.2, -0.15) is 0 Å². The molecule has 2 amide bonds. The summed E-state index contributed by atoms with van der Waals surface area (Å²) in [5.74, 6) is -1.29. The summed E-state index contributed by atoms with van der Waals surface area (Å²) >= 11 is 0. The van der Waals surface area contributed by atoms with Crippen molar-refractivity contribution in [2.75, 3.05) is 7.05 Å². The number of benzene rings is 2. The molecule has 2 rings (SSSR count). The number of carbonyl (C=O) groups is 2. The highest BCUT2D eigenvalue weighted by molar-refractivity contribution is 5.97. The molecule has 0 radical (unpaired) electrons. The second-order valence-corrected chi connectivity index (χ2v) is 6.18. The van der Waals surface area contributed by atoms with Gasteiger partial charge in [0.25, 0.3) is 11.6 Å². The first-order valence-electron chi connectivity index (χ1n) is 8.28. The third kappa shape index (κ3) is 4.87. The van der Waals surface area contributed by atoms with Gasteiger partial charge in [0, 0.05) is 24.7 Å². The summed E-state index contributed by atoms with van der Waals surface area (Å²) in [6.07, 6.45) is 0. The van der Waals surface area contributed by atoms with E-state index in [4.69, 9.17) is 0 Å². The fraction of sp³-hybridized carbons (Fsp3) is 0.263. The standard InChI is InChI=1S/C19H20FN3O4/c1-12(21-18(24)15-5-4-6-17(11-15)23(26)27)19(25)22(3)13(2)14-7-9-16(20)10-8-14/h4-13H,1-3H3,(H,21,24). The number of nitro benzene ring substituents is 1. The number of amides is 2. The molecule has 2 aromatic carbocycles. The van der Waals surface area contributed by atoms with Crippen molar-refractivity contribution in [3.8, 4) is 0 Å². The molecule has 27 heavy (non-hydrogen) atoms. The fourth-order valence-electron chi connectivity index (χ4n) is 2.56. The molecule has 0 saturated heterocycles. The second-order valence-electron chi connectivity index (χ2n) is 6.18. The maximum atomic E-state index is 13.1. The van der Waals surface area contributed by atoms with Crippen molar-refractivity contribution in [3.63, 3.8) is 0 Å². The predicted octanol–water partition coefficient (Wildman–Crippen LogP) is 3.07. The highest BCUT2D eigenvalue weighted by Crippen LogP contribution is 2.20. The molecule has 0 aliphatic carbocycles. The lowest BCUT2D eigenvalue weighted by Crippen LogP contribution is -2.46. The fourth-order valence-corrected chi connectivity index (χ4v) is 2.56. The number of nitrogens with zero attached hydrogens (tertiary/aromatic N) is 2. The predicted molar refractivity (Wildman–Crippen MR) is 97.6 cm³/mol. The molecule has 142 valence electrons. The first-order valence-corrected chi connectivity index (χ1v) is 8.28. The van der Waals surface area contributed by atoms with Crippen LogP contribution in [0.1, 0.15) is 35.8 Å². The maximum Gasteiger partial charge on any atom is 0.270 e. The first-order chi connectivity index (χ1) is 12.7. The minimum absolute atomic E-state index is 0.0955. The highest BCUT2D eigenvalue weighted by Gasteiger charge is 2.24. The van der Waals surface area contributed by atoms with Crippen molar-refractivity contribution in [1.82, 2.24) is 10.2 Å². The molecule has 1 N–H and O–H groups in total. The van der Waals surface area contributed by atoms with Crippen LogP contribution in [0, 0.1) is 15.9 Å². The molecule has 0 aliphatic heterocycles. The summed E-state index contributed by atoms with van der Waals surface area (Å²) in [6, 6.07) is 9.93. The van der Waals surface area contributed by atoms with Gasteiger partial charge in [0.05, 0.1) is 11.0 Å². The Hall–Kier alpha value is -3.29. The van der Waals surface area contributed by atoms with E-state index in [0.717, 1.165) is 11.6 Å². The van der Waals surface area contributed by atoms with Crippen LogP contribution in [-0.4, -0.2) is 34.7 Å². The van der Waals surface area contributed by atoms with Gasteiger partial charge in [-0.25, -0.2) is 4.39 Å². The van der Waals surface area contributed by atoms with Gasteiger partial charge >= 0.3 is 0 Å². The van der Waals surface area contributed by atoms with Crippen LogP contribution in [0.2, 0.25) is 0 Å². The summed E-state index contributed by atoms with van der Waals surface area (Å²) in [4.78, 5) is 36.6. The van der Waals surface area contributed by atoms with Crippen LogP contribution in [0.4, 0.5) is 10.1 Å². The number of hydrogen-bond acceptors (Lipinski definition) is 4. The van der Waals surface area contributed by atoms with Crippen molar-refractivity contribution in [3.05, 3.63) is 75.6 Å². The van der Waals surface area contributed by atoms with E-state index in [1.165, 1.54) is 42.2 Å². The van der Waals surface area contributed by atoms with Crippen molar-refractivity contribution in [2.24, 2.45) is 0 Å². The van der Waals surface area contributed by atoms with Crippen molar-refractivity contribution < 1.29 is 18.9 Å². The van der Waals surface area contributed by atoms with E-state index in [2.05, 4.69) is 5.32 Å². The largest absolute Gasteiger partial charge is 0.341 e. The molecule has 0 heterocycles. The van der Waals surface area contributed by atoms with Gasteiger partial charge in [-0.3, -0.25) is 19.7 Å². The molecular formula is C19H20FN3O4. The molecule has 2 unspecified atom stereocenters. The van der Waals surface area contributed by atoms with Crippen molar-refractivity contribution in [1.29, 1.82) is 0 Å². The van der Waals surface area contributed by atoms with Crippen LogP contribution < -0.4 is 5.32 Å². The maximum absolute atomic E-state index is 13.1. The molecule has 0 fully saturated rings. The van der Waals surface area contributed by atoms with E-state index in [-0.39, 0.29) is 29.0 Å². The normalized spacial score (nSPS) is 12.7. The lowest BCUT2D eigenvalue weighted by atomic mass is 10.1. The van der Waals surface area contributed by atoms with Crippen molar-refractivity contribution in [2.45, 2.75) is 25.9 Å². The molecule has 0 saturated carbocycles. The van der Waals surface area contributed by atoms with Gasteiger partial charge in [0.1, 0.15) is 11.9 Å². The van der Waals surface area contributed by atoms with Crippen LogP contribution in [0.25, 0.3) is 0 Å². The Kier molecular flexibility index (Phi) is 6.23. The molecule has 0 aliphatic rings. The summed E-state index contributed by atoms with van der Waals surface area (Å²) in [5.41, 5.74) is 0.645. The van der Waals surface area contributed by atoms with Crippen molar-refractivity contribution >= 4 is 17.5 Å². The second kappa shape index (κ2) is 8.39. The Morgan fingerprint density at radius 1 is 1.15 bits per heavy atom. The Morgan fingerprint density at radius 3 is 2.37 bits per heavy atom. The molecule has 2 atom stereocenters. The minimum Gasteiger partial charge on any atom is -0.341 e. The van der Waals surface area contributed by atoms with E-state index < -0.39 is 16.9 Å². The number of hydrogen-bond donors (Lipinski definition) is 1. The quantitative estimate of drug-likeness (QED) is 0.622. The van der Waals surface area contributed by atoms with Gasteiger partial charge in [-0.05, 0) is 37.6 Å². The third-order valence-electron chi connectivity index (χ3n) is 4.32. The zero-order valence-electron chi connectivity index (χ0n) is 15.2. The van der Waals surface area contributed by atoms with Crippen LogP contribution in [0.15, 0.2) is 48.5 Å². The van der Waals surface area contributed by atoms with Crippen LogP contribution in [0.5, 0.6) is 0 Å². The number of carbonyl (C=O) groups excluding carboxylic acids is 2. The summed E-state index contributed by atoms with van der Waals surface area (Å²) in [6.45, 7) is 3.33. The van der Waals surface area contributed by atoms with E-state index in [1.807, 2.05) is 0 Å². The lowest BCUT2D eigenvalue weighted by molar-refractivity contribution is -0.384. The monoisotopic (exact) mass is 373 g/mol. The molecule has 0 aromatic heterocycles. The van der Waals surface area contributed by atoms with E-state index in [1.54, 1.807) is 26.1 Å². The summed E-state index contributed by atoms with van der Waals surface area (Å²) in [5, 5.41) is 13.4. The number of non-ortho nitro benzene ring substituents is 1. The van der Waals surface area contributed by atoms with Crippen LogP contribution in [-0.2, 0) is 4.79 Å². The average molecular weight is 373 g/mol. The Bertz CT molecular complexity index is 854. The molecule has 7 nitrogen and oxygen atoms in total. The highest BCUT2D eigenvalue weighted by atomic mass is 19.1. The third-order valence-corrected chi connectivity index (χ3v) is 4.32. The number of halogens is 1. The van der Waals surface area contributed by atoms with Crippen LogP contribution >= 0.6 is 0 Å². The van der Waals surface area contributed by atoms with Gasteiger partial charge in [0.2, 0.25) is 5.91 Å². The van der Waals surface area contributed by atoms with E-state index in [0.29, 0.717) is 0 Å². The number of rotatable bonds is 6. The number of likely N-dealkylation sites (N-methyl/N-ethyl adjacent to an activating group) is 1. The number of nitrogens with one attached hydrogen (secondary N) is 1. The molecule has 0 spiro atoms. The summed E-state index contributed by atoms with van der Waals surface area (Å²) in [7, 11) is 1.59. The number of nitro groups is 1. The topological polar surface area (TPSA) is 92.5 Å². The molecule has 2 aromatic rings. The Balaban J connectivity index is 2.05. The Morgan fingerprint density at radius 2 is 1.78 bits per heavy atom. The zero-order chi connectivity index (χ0) is 20.1. The molecule has 0 bridgehead atoms. The smallest absolute Gasteiger partial charge is 0.270 e. The van der Waals surface area contributed by atoms with Gasteiger partial charge in [0.15, 0.2) is 0 Å². The average Bonchev–Trinajstić information content (AvgIpc) is 2.66. The molecular weight excluding hydrogens is 353 g/mol. The molecule has 8 heteroatoms. The van der Waals surface area contributed by atoms with Gasteiger partial charge in [-0.15, -0.1) is 0 Å². The van der Waals surface area contributed by atoms with Gasteiger partial charge < -0.3 is 10.2 Å².